The number of benzene rings is 2. The van der Waals surface area contributed by atoms with Gasteiger partial charge in [-0.25, -0.2) is 13.1 Å². The molecule has 0 spiro atoms. The van der Waals surface area contributed by atoms with Crippen molar-refractivity contribution in [3.05, 3.63) is 71.0 Å². The SMILES string of the molecule is O=S(=O)(NCc1cc(Br)ccn1)c1cccc2ccccc12. The van der Waals surface area contributed by atoms with Gasteiger partial charge in [0.25, 0.3) is 0 Å². The zero-order valence-corrected chi connectivity index (χ0v) is 13.9. The molecule has 112 valence electrons. The topological polar surface area (TPSA) is 59.1 Å². The summed E-state index contributed by atoms with van der Waals surface area (Å²) in [6.07, 6.45) is 1.63. The number of sulfonamides is 1. The summed E-state index contributed by atoms with van der Waals surface area (Å²) in [6, 6.07) is 16.2. The summed E-state index contributed by atoms with van der Waals surface area (Å²) in [5.74, 6) is 0. The van der Waals surface area contributed by atoms with E-state index in [1.165, 1.54) is 0 Å². The van der Waals surface area contributed by atoms with E-state index in [-0.39, 0.29) is 11.4 Å². The van der Waals surface area contributed by atoms with Crippen LogP contribution in [0.3, 0.4) is 0 Å². The van der Waals surface area contributed by atoms with E-state index in [9.17, 15) is 8.42 Å². The molecule has 0 atom stereocenters. The fraction of sp³-hybridized carbons (Fsp3) is 0.0625. The first kappa shape index (κ1) is 15.1. The van der Waals surface area contributed by atoms with Crippen LogP contribution in [-0.2, 0) is 16.6 Å². The summed E-state index contributed by atoms with van der Waals surface area (Å²) in [5.41, 5.74) is 0.651. The Morgan fingerprint density at radius 1 is 1.05 bits per heavy atom. The molecule has 0 aliphatic rings. The maximum atomic E-state index is 12.6. The van der Waals surface area contributed by atoms with Gasteiger partial charge in [0.2, 0.25) is 10.0 Å². The number of fused-ring (bicyclic) bond motifs is 1. The lowest BCUT2D eigenvalue weighted by Gasteiger charge is -2.09. The van der Waals surface area contributed by atoms with E-state index in [1.807, 2.05) is 24.3 Å². The fourth-order valence-electron chi connectivity index (χ4n) is 2.22. The van der Waals surface area contributed by atoms with Gasteiger partial charge in [-0.1, -0.05) is 52.3 Å². The second-order valence-corrected chi connectivity index (χ2v) is 7.42. The Hall–Kier alpha value is -1.76. The maximum absolute atomic E-state index is 12.6. The van der Waals surface area contributed by atoms with Gasteiger partial charge in [0.1, 0.15) is 0 Å². The Bertz CT molecular complexity index is 921. The van der Waals surface area contributed by atoms with Gasteiger partial charge >= 0.3 is 0 Å². The average molecular weight is 377 g/mol. The minimum absolute atomic E-state index is 0.144. The van der Waals surface area contributed by atoms with Gasteiger partial charge in [0, 0.05) is 16.1 Å². The van der Waals surface area contributed by atoms with E-state index in [0.717, 1.165) is 9.86 Å². The van der Waals surface area contributed by atoms with Crippen LogP contribution in [0.5, 0.6) is 0 Å². The molecule has 22 heavy (non-hydrogen) atoms. The van der Waals surface area contributed by atoms with Crippen molar-refractivity contribution < 1.29 is 8.42 Å². The molecule has 0 aliphatic heterocycles. The first-order chi connectivity index (χ1) is 10.6. The maximum Gasteiger partial charge on any atom is 0.241 e. The van der Waals surface area contributed by atoms with Crippen molar-refractivity contribution in [1.29, 1.82) is 0 Å². The Labute approximate surface area is 137 Å². The van der Waals surface area contributed by atoms with Crippen molar-refractivity contribution in [2.24, 2.45) is 0 Å². The second-order valence-electron chi connectivity index (χ2n) is 4.77. The van der Waals surface area contributed by atoms with Crippen LogP contribution in [0.4, 0.5) is 0 Å². The van der Waals surface area contributed by atoms with E-state index < -0.39 is 10.0 Å². The van der Waals surface area contributed by atoms with Crippen LogP contribution in [0.15, 0.2) is 70.2 Å². The molecule has 0 radical (unpaired) electrons. The normalized spacial score (nSPS) is 11.7. The molecule has 6 heteroatoms. The van der Waals surface area contributed by atoms with E-state index in [0.29, 0.717) is 11.1 Å². The lowest BCUT2D eigenvalue weighted by molar-refractivity contribution is 0.581. The monoisotopic (exact) mass is 376 g/mol. The van der Waals surface area contributed by atoms with Gasteiger partial charge in [-0.05, 0) is 23.6 Å². The highest BCUT2D eigenvalue weighted by Gasteiger charge is 2.16. The van der Waals surface area contributed by atoms with Crippen molar-refractivity contribution in [3.8, 4) is 0 Å². The molecule has 2 aromatic carbocycles. The number of aromatic nitrogens is 1. The average Bonchev–Trinajstić information content (AvgIpc) is 2.52. The van der Waals surface area contributed by atoms with Gasteiger partial charge in [-0.15, -0.1) is 0 Å². The van der Waals surface area contributed by atoms with Gasteiger partial charge in [-0.3, -0.25) is 4.98 Å². The van der Waals surface area contributed by atoms with Crippen molar-refractivity contribution in [2.75, 3.05) is 0 Å². The summed E-state index contributed by atoms with van der Waals surface area (Å²) >= 11 is 3.34. The van der Waals surface area contributed by atoms with Crippen LogP contribution >= 0.6 is 15.9 Å². The summed E-state index contributed by atoms with van der Waals surface area (Å²) < 4.78 is 28.6. The van der Waals surface area contributed by atoms with Gasteiger partial charge < -0.3 is 0 Å². The number of halogens is 1. The number of hydrogen-bond donors (Lipinski definition) is 1. The lowest BCUT2D eigenvalue weighted by atomic mass is 10.1. The summed E-state index contributed by atoms with van der Waals surface area (Å²) in [7, 11) is -3.60. The molecule has 3 rings (SSSR count). The standard InChI is InChI=1S/C16H13BrN2O2S/c17-13-8-9-18-14(10-13)11-19-22(20,21)16-7-3-5-12-4-1-2-6-15(12)16/h1-10,19H,11H2. The minimum Gasteiger partial charge on any atom is -0.260 e. The number of hydrogen-bond acceptors (Lipinski definition) is 3. The molecule has 0 fully saturated rings. The van der Waals surface area contributed by atoms with Crippen LogP contribution in [-0.4, -0.2) is 13.4 Å². The molecule has 1 N–H and O–H groups in total. The van der Waals surface area contributed by atoms with Crippen molar-refractivity contribution in [2.45, 2.75) is 11.4 Å². The van der Waals surface area contributed by atoms with Crippen LogP contribution in [0, 0.1) is 0 Å². The van der Waals surface area contributed by atoms with E-state index in [4.69, 9.17) is 0 Å². The quantitative estimate of drug-likeness (QED) is 0.758. The first-order valence-electron chi connectivity index (χ1n) is 6.64. The molecule has 0 bridgehead atoms. The predicted molar refractivity (Wildman–Crippen MR) is 89.9 cm³/mol. The number of nitrogens with zero attached hydrogens (tertiary/aromatic N) is 1. The van der Waals surface area contributed by atoms with E-state index in [1.54, 1.807) is 36.5 Å². The molecular formula is C16H13BrN2O2S. The summed E-state index contributed by atoms with van der Waals surface area (Å²) in [5, 5.41) is 1.60. The van der Waals surface area contributed by atoms with Gasteiger partial charge in [-0.2, -0.15) is 0 Å². The summed E-state index contributed by atoms with van der Waals surface area (Å²) in [4.78, 5) is 4.42. The molecule has 4 nitrogen and oxygen atoms in total. The highest BCUT2D eigenvalue weighted by Crippen LogP contribution is 2.22. The van der Waals surface area contributed by atoms with Crippen molar-refractivity contribution >= 4 is 36.7 Å². The van der Waals surface area contributed by atoms with Crippen LogP contribution < -0.4 is 4.72 Å². The van der Waals surface area contributed by atoms with Crippen LogP contribution in [0.1, 0.15) is 5.69 Å². The zero-order chi connectivity index (χ0) is 15.6. The fourth-order valence-corrected chi connectivity index (χ4v) is 3.83. The predicted octanol–water partition coefficient (Wildman–Crippen LogP) is 3.48. The molecule has 0 unspecified atom stereocenters. The van der Waals surface area contributed by atoms with E-state index >= 15 is 0 Å². The van der Waals surface area contributed by atoms with Crippen molar-refractivity contribution in [3.63, 3.8) is 0 Å². The largest absolute Gasteiger partial charge is 0.260 e. The second kappa shape index (κ2) is 6.16. The molecular weight excluding hydrogens is 364 g/mol. The molecule has 0 saturated heterocycles. The first-order valence-corrected chi connectivity index (χ1v) is 8.92. The Morgan fingerprint density at radius 2 is 1.82 bits per heavy atom. The number of pyridine rings is 1. The molecule has 3 aromatic rings. The third kappa shape index (κ3) is 3.19. The number of nitrogens with one attached hydrogen (secondary N) is 1. The molecule has 0 amide bonds. The zero-order valence-electron chi connectivity index (χ0n) is 11.5. The summed E-state index contributed by atoms with van der Waals surface area (Å²) in [6.45, 7) is 0.144. The Morgan fingerprint density at radius 3 is 2.64 bits per heavy atom. The van der Waals surface area contributed by atoms with Crippen LogP contribution in [0.2, 0.25) is 0 Å². The lowest BCUT2D eigenvalue weighted by Crippen LogP contribution is -2.24. The van der Waals surface area contributed by atoms with Gasteiger partial charge in [0.05, 0.1) is 17.1 Å². The van der Waals surface area contributed by atoms with E-state index in [2.05, 4.69) is 25.6 Å². The van der Waals surface area contributed by atoms with Crippen molar-refractivity contribution in [1.82, 2.24) is 9.71 Å². The molecule has 0 aliphatic carbocycles. The third-order valence-electron chi connectivity index (χ3n) is 3.26. The molecule has 1 aromatic heterocycles. The minimum atomic E-state index is -3.60. The van der Waals surface area contributed by atoms with Gasteiger partial charge in [0.15, 0.2) is 0 Å². The highest BCUT2D eigenvalue weighted by molar-refractivity contribution is 9.10. The highest BCUT2D eigenvalue weighted by atomic mass is 79.9. The molecule has 0 saturated carbocycles. The van der Waals surface area contributed by atoms with Crippen LogP contribution in [0.25, 0.3) is 10.8 Å². The third-order valence-corrected chi connectivity index (χ3v) is 5.21. The Kier molecular flexibility index (Phi) is 4.24. The number of rotatable bonds is 4. The molecule has 1 heterocycles. The smallest absolute Gasteiger partial charge is 0.241 e. The Balaban J connectivity index is 1.92.